The molecule has 0 saturated heterocycles. The van der Waals surface area contributed by atoms with E-state index in [0.717, 1.165) is 22.8 Å². The third-order valence-electron chi connectivity index (χ3n) is 3.31. The third-order valence-corrected chi connectivity index (χ3v) is 3.31. The van der Waals surface area contributed by atoms with Crippen LogP contribution in [0.1, 0.15) is 5.82 Å². The predicted molar refractivity (Wildman–Crippen MR) is 81.0 cm³/mol. The molecule has 0 aliphatic heterocycles. The first-order valence-corrected chi connectivity index (χ1v) is 6.63. The maximum absolute atomic E-state index is 10.6. The number of carbonyl (C=O) groups is 1. The second-order valence-electron chi connectivity index (χ2n) is 4.71. The van der Waals surface area contributed by atoms with Crippen molar-refractivity contribution in [2.45, 2.75) is 6.92 Å². The molecule has 3 aromatic rings. The topological polar surface area (TPSA) is 73.6 Å². The van der Waals surface area contributed by atoms with Gasteiger partial charge in [-0.3, -0.25) is 4.57 Å². The lowest BCUT2D eigenvalue weighted by atomic mass is 10.2. The van der Waals surface area contributed by atoms with E-state index in [-0.39, 0.29) is 5.75 Å². The molecule has 0 radical (unpaired) electrons. The summed E-state index contributed by atoms with van der Waals surface area (Å²) < 4.78 is 11.9. The van der Waals surface area contributed by atoms with Crippen LogP contribution in [0.5, 0.6) is 11.5 Å². The molecule has 0 spiro atoms. The number of ether oxygens (including phenoxy) is 2. The quantitative estimate of drug-likeness (QED) is 0.592. The van der Waals surface area contributed by atoms with Crippen molar-refractivity contribution in [2.24, 2.45) is 0 Å². The minimum Gasteiger partial charge on any atom is -0.497 e. The summed E-state index contributed by atoms with van der Waals surface area (Å²) in [6.45, 7) is 1.89. The van der Waals surface area contributed by atoms with E-state index >= 15 is 0 Å². The average molecular weight is 298 g/mol. The fourth-order valence-corrected chi connectivity index (χ4v) is 2.42. The highest BCUT2D eigenvalue weighted by Gasteiger charge is 2.12. The summed E-state index contributed by atoms with van der Waals surface area (Å²) >= 11 is 0. The van der Waals surface area contributed by atoms with Crippen molar-refractivity contribution in [1.29, 1.82) is 0 Å². The molecule has 0 unspecified atom stereocenters. The molecule has 0 saturated carbocycles. The van der Waals surface area contributed by atoms with Gasteiger partial charge in [0.1, 0.15) is 17.3 Å². The Labute approximate surface area is 126 Å². The van der Waals surface area contributed by atoms with Crippen molar-refractivity contribution in [3.05, 3.63) is 48.3 Å². The monoisotopic (exact) mass is 298 g/mol. The second-order valence-corrected chi connectivity index (χ2v) is 4.71. The maximum Gasteiger partial charge on any atom is 0.511 e. The van der Waals surface area contributed by atoms with Crippen LogP contribution in [0.3, 0.4) is 0 Å². The van der Waals surface area contributed by atoms with E-state index in [4.69, 9.17) is 9.84 Å². The van der Waals surface area contributed by atoms with Crippen molar-refractivity contribution in [2.75, 3.05) is 7.11 Å². The molecule has 3 rings (SSSR count). The molecule has 22 heavy (non-hydrogen) atoms. The molecule has 2 aromatic carbocycles. The second kappa shape index (κ2) is 5.40. The minimum absolute atomic E-state index is 0.246. The number of methoxy groups -OCH3 is 1. The van der Waals surface area contributed by atoms with Crippen molar-refractivity contribution in [1.82, 2.24) is 9.55 Å². The van der Waals surface area contributed by atoms with Crippen molar-refractivity contribution in [3.63, 3.8) is 0 Å². The molecular formula is C16H14N2O4. The van der Waals surface area contributed by atoms with Gasteiger partial charge in [0.15, 0.2) is 0 Å². The van der Waals surface area contributed by atoms with Crippen molar-refractivity contribution < 1.29 is 19.4 Å². The smallest absolute Gasteiger partial charge is 0.497 e. The Morgan fingerprint density at radius 1 is 1.18 bits per heavy atom. The van der Waals surface area contributed by atoms with Crippen LogP contribution in [0.2, 0.25) is 0 Å². The van der Waals surface area contributed by atoms with Gasteiger partial charge >= 0.3 is 6.16 Å². The number of fused-ring (bicyclic) bond motifs is 1. The van der Waals surface area contributed by atoms with Crippen LogP contribution in [-0.4, -0.2) is 27.9 Å². The molecule has 0 fully saturated rings. The molecule has 0 amide bonds. The summed E-state index contributed by atoms with van der Waals surface area (Å²) in [6, 6.07) is 12.6. The standard InChI is InChI=1S/C16H14N2O4/c1-10-17-14-9-13(22-16(19)20)6-7-15(14)18(10)11-4-3-5-12(8-11)21-2/h3-9H,1-2H3,(H,19,20). The van der Waals surface area contributed by atoms with Gasteiger partial charge in [-0.15, -0.1) is 0 Å². The maximum atomic E-state index is 10.6. The fraction of sp³-hybridized carbons (Fsp3) is 0.125. The van der Waals surface area contributed by atoms with Crippen molar-refractivity contribution in [3.8, 4) is 17.2 Å². The lowest BCUT2D eigenvalue weighted by Gasteiger charge is -2.09. The first-order chi connectivity index (χ1) is 10.6. The molecule has 6 heteroatoms. The SMILES string of the molecule is COc1cccc(-n2c(C)nc3cc(OC(=O)O)ccc32)c1. The van der Waals surface area contributed by atoms with Gasteiger partial charge in [0.25, 0.3) is 0 Å². The van der Waals surface area contributed by atoms with Gasteiger partial charge in [-0.2, -0.15) is 0 Å². The number of hydrogen-bond donors (Lipinski definition) is 1. The molecule has 6 nitrogen and oxygen atoms in total. The lowest BCUT2D eigenvalue weighted by Crippen LogP contribution is -2.02. The third kappa shape index (κ3) is 2.46. The number of nitrogens with zero attached hydrogens (tertiary/aromatic N) is 2. The Kier molecular flexibility index (Phi) is 3.42. The highest BCUT2D eigenvalue weighted by Crippen LogP contribution is 2.26. The Hall–Kier alpha value is -3.02. The normalized spacial score (nSPS) is 10.6. The number of imidazole rings is 1. The van der Waals surface area contributed by atoms with E-state index in [9.17, 15) is 4.79 Å². The molecule has 0 bridgehead atoms. The highest BCUT2D eigenvalue weighted by molar-refractivity contribution is 5.80. The summed E-state index contributed by atoms with van der Waals surface area (Å²) in [6.07, 6.45) is -1.34. The van der Waals surface area contributed by atoms with Crippen molar-refractivity contribution >= 4 is 17.2 Å². The number of aromatic nitrogens is 2. The summed E-state index contributed by atoms with van der Waals surface area (Å²) in [5, 5.41) is 8.67. The van der Waals surface area contributed by atoms with E-state index in [1.807, 2.05) is 35.8 Å². The van der Waals surface area contributed by atoms with Gasteiger partial charge in [-0.1, -0.05) is 6.07 Å². The number of benzene rings is 2. The van der Waals surface area contributed by atoms with Gasteiger partial charge in [-0.05, 0) is 31.2 Å². The number of carboxylic acid groups (broad SMARTS) is 1. The van der Waals surface area contributed by atoms with Crippen LogP contribution in [0.15, 0.2) is 42.5 Å². The zero-order chi connectivity index (χ0) is 15.7. The van der Waals surface area contributed by atoms with E-state index in [1.165, 1.54) is 0 Å². The summed E-state index contributed by atoms with van der Waals surface area (Å²) in [5.74, 6) is 1.79. The zero-order valence-corrected chi connectivity index (χ0v) is 12.1. The molecule has 1 N–H and O–H groups in total. The molecule has 1 aromatic heterocycles. The van der Waals surface area contributed by atoms with Crippen LogP contribution in [0, 0.1) is 6.92 Å². The van der Waals surface area contributed by atoms with Gasteiger partial charge in [-0.25, -0.2) is 9.78 Å². The summed E-state index contributed by atoms with van der Waals surface area (Å²) in [4.78, 5) is 15.1. The Morgan fingerprint density at radius 3 is 2.73 bits per heavy atom. The first kappa shape index (κ1) is 13.9. The number of rotatable bonds is 3. The molecule has 0 atom stereocenters. The number of hydrogen-bond acceptors (Lipinski definition) is 4. The van der Waals surface area contributed by atoms with Crippen LogP contribution < -0.4 is 9.47 Å². The van der Waals surface area contributed by atoms with Crippen LogP contribution in [0.4, 0.5) is 4.79 Å². The fourth-order valence-electron chi connectivity index (χ4n) is 2.42. The first-order valence-electron chi connectivity index (χ1n) is 6.63. The minimum atomic E-state index is -1.34. The molecular weight excluding hydrogens is 284 g/mol. The predicted octanol–water partition coefficient (Wildman–Crippen LogP) is 3.40. The van der Waals surface area contributed by atoms with Crippen LogP contribution in [-0.2, 0) is 0 Å². The molecule has 1 heterocycles. The van der Waals surface area contributed by atoms with E-state index in [0.29, 0.717) is 5.52 Å². The molecule has 0 aliphatic rings. The van der Waals surface area contributed by atoms with Gasteiger partial charge in [0, 0.05) is 12.1 Å². The van der Waals surface area contributed by atoms with E-state index in [2.05, 4.69) is 9.72 Å². The van der Waals surface area contributed by atoms with Gasteiger partial charge < -0.3 is 14.6 Å². The zero-order valence-electron chi connectivity index (χ0n) is 12.1. The lowest BCUT2D eigenvalue weighted by molar-refractivity contribution is 0.144. The molecule has 0 aliphatic carbocycles. The summed E-state index contributed by atoms with van der Waals surface area (Å²) in [7, 11) is 1.62. The van der Waals surface area contributed by atoms with Crippen LogP contribution in [0.25, 0.3) is 16.7 Å². The Bertz CT molecular complexity index is 854. The highest BCUT2D eigenvalue weighted by atomic mass is 16.7. The van der Waals surface area contributed by atoms with Gasteiger partial charge in [0.2, 0.25) is 0 Å². The van der Waals surface area contributed by atoms with E-state index in [1.54, 1.807) is 25.3 Å². The molecule has 112 valence electrons. The Balaban J connectivity index is 2.13. The van der Waals surface area contributed by atoms with E-state index < -0.39 is 6.16 Å². The van der Waals surface area contributed by atoms with Gasteiger partial charge in [0.05, 0.1) is 23.8 Å². The average Bonchev–Trinajstić information content (AvgIpc) is 2.81. The summed E-state index contributed by atoms with van der Waals surface area (Å²) in [5.41, 5.74) is 2.45. The van der Waals surface area contributed by atoms with Crippen LogP contribution >= 0.6 is 0 Å². The number of aryl methyl sites for hydroxylation is 1. The Morgan fingerprint density at radius 2 is 2.00 bits per heavy atom. The largest absolute Gasteiger partial charge is 0.511 e.